The van der Waals surface area contributed by atoms with Gasteiger partial charge in [-0.1, -0.05) is 17.7 Å². The van der Waals surface area contributed by atoms with Crippen LogP contribution in [0.15, 0.2) is 40.8 Å². The summed E-state index contributed by atoms with van der Waals surface area (Å²) in [5.41, 5.74) is 9.62. The molecule has 0 aliphatic carbocycles. The average Bonchev–Trinajstić information content (AvgIpc) is 2.75. The Morgan fingerprint density at radius 2 is 2.05 bits per heavy atom. The Hall–Kier alpha value is -2.20. The summed E-state index contributed by atoms with van der Waals surface area (Å²) in [6.45, 7) is 1.99. The maximum absolute atomic E-state index is 6.12. The van der Waals surface area contributed by atoms with Gasteiger partial charge in [-0.3, -0.25) is 0 Å². The van der Waals surface area contributed by atoms with Crippen molar-refractivity contribution in [3.8, 4) is 0 Å². The molecule has 0 amide bonds. The van der Waals surface area contributed by atoms with Crippen LogP contribution in [0, 0.1) is 6.92 Å². The van der Waals surface area contributed by atoms with E-state index in [0.717, 1.165) is 11.3 Å². The molecule has 0 radical (unpaired) electrons. The average molecular weight is 274 g/mol. The lowest BCUT2D eigenvalue weighted by Crippen LogP contribution is -1.91. The first kappa shape index (κ1) is 11.9. The zero-order valence-electron chi connectivity index (χ0n) is 10.3. The quantitative estimate of drug-likeness (QED) is 0.690. The molecule has 0 aliphatic heterocycles. The first-order valence-electron chi connectivity index (χ1n) is 5.81. The van der Waals surface area contributed by atoms with E-state index in [-0.39, 0.29) is 0 Å². The van der Waals surface area contributed by atoms with E-state index in [1.54, 1.807) is 18.2 Å². The van der Waals surface area contributed by atoms with Crippen LogP contribution in [-0.2, 0) is 0 Å². The lowest BCUT2D eigenvalue weighted by molar-refractivity contribution is 0.623. The van der Waals surface area contributed by atoms with Gasteiger partial charge < -0.3 is 15.5 Å². The number of hydrogen-bond acceptors (Lipinski definition) is 4. The van der Waals surface area contributed by atoms with Gasteiger partial charge in [-0.2, -0.15) is 4.98 Å². The Balaban J connectivity index is 1.98. The molecule has 1 heterocycles. The zero-order chi connectivity index (χ0) is 13.4. The van der Waals surface area contributed by atoms with Gasteiger partial charge in [0, 0.05) is 5.69 Å². The molecular weight excluding hydrogens is 262 g/mol. The van der Waals surface area contributed by atoms with Crippen LogP contribution in [0.4, 0.5) is 17.4 Å². The fraction of sp³-hybridized carbons (Fsp3) is 0.0714. The van der Waals surface area contributed by atoms with Gasteiger partial charge in [0.2, 0.25) is 0 Å². The van der Waals surface area contributed by atoms with Crippen LogP contribution in [-0.4, -0.2) is 4.98 Å². The first-order valence-corrected chi connectivity index (χ1v) is 6.19. The van der Waals surface area contributed by atoms with Crippen molar-refractivity contribution in [3.05, 3.63) is 47.0 Å². The highest BCUT2D eigenvalue weighted by Gasteiger charge is 2.08. The highest BCUT2D eigenvalue weighted by molar-refractivity contribution is 6.33. The van der Waals surface area contributed by atoms with Crippen LogP contribution in [0.3, 0.4) is 0 Å². The van der Waals surface area contributed by atoms with E-state index in [1.807, 2.05) is 25.1 Å². The molecule has 0 unspecified atom stereocenters. The Kier molecular flexibility index (Phi) is 2.80. The minimum absolute atomic E-state index is 0.396. The van der Waals surface area contributed by atoms with Crippen molar-refractivity contribution in [3.63, 3.8) is 0 Å². The molecule has 4 nitrogen and oxygen atoms in total. The lowest BCUT2D eigenvalue weighted by Gasteiger charge is -2.04. The molecule has 3 aromatic rings. The number of oxazole rings is 1. The van der Waals surface area contributed by atoms with Crippen molar-refractivity contribution < 1.29 is 4.42 Å². The number of aryl methyl sites for hydroxylation is 1. The fourth-order valence-electron chi connectivity index (χ4n) is 1.85. The molecule has 0 bridgehead atoms. The molecule has 19 heavy (non-hydrogen) atoms. The molecule has 0 atom stereocenters. The first-order chi connectivity index (χ1) is 9.11. The molecule has 3 N–H and O–H groups in total. The zero-order valence-corrected chi connectivity index (χ0v) is 11.0. The third-order valence-electron chi connectivity index (χ3n) is 2.78. The predicted molar refractivity (Wildman–Crippen MR) is 77.9 cm³/mol. The molecule has 96 valence electrons. The predicted octanol–water partition coefficient (Wildman–Crippen LogP) is 4.12. The number of rotatable bonds is 2. The Morgan fingerprint density at radius 3 is 2.89 bits per heavy atom. The number of anilines is 3. The largest absolute Gasteiger partial charge is 0.423 e. The second kappa shape index (κ2) is 4.48. The number of aromatic nitrogens is 1. The maximum atomic E-state index is 6.12. The molecule has 3 rings (SSSR count). The summed E-state index contributed by atoms with van der Waals surface area (Å²) in [6.07, 6.45) is 0. The maximum Gasteiger partial charge on any atom is 0.300 e. The Bertz CT molecular complexity index is 752. The summed E-state index contributed by atoms with van der Waals surface area (Å²) in [5.74, 6) is 0. The van der Waals surface area contributed by atoms with Gasteiger partial charge in [0.15, 0.2) is 5.58 Å². The van der Waals surface area contributed by atoms with E-state index >= 15 is 0 Å². The number of fused-ring (bicyclic) bond motifs is 1. The van der Waals surface area contributed by atoms with Gasteiger partial charge in [0.05, 0.1) is 10.7 Å². The second-order valence-corrected chi connectivity index (χ2v) is 4.76. The highest BCUT2D eigenvalue weighted by atomic mass is 35.5. The van der Waals surface area contributed by atoms with E-state index < -0.39 is 0 Å². The monoisotopic (exact) mass is 273 g/mol. The fourth-order valence-corrected chi connectivity index (χ4v) is 2.01. The smallest absolute Gasteiger partial charge is 0.300 e. The molecule has 0 saturated heterocycles. The van der Waals surface area contributed by atoms with Crippen LogP contribution >= 0.6 is 11.6 Å². The third kappa shape index (κ3) is 2.35. The normalized spacial score (nSPS) is 10.8. The molecule has 0 aliphatic rings. The summed E-state index contributed by atoms with van der Waals surface area (Å²) in [6, 6.07) is 11.4. The van der Waals surface area contributed by atoms with Gasteiger partial charge in [-0.05, 0) is 42.8 Å². The molecule has 0 fully saturated rings. The number of nitrogens with zero attached hydrogens (tertiary/aromatic N) is 1. The Labute approximate surface area is 115 Å². The number of hydrogen-bond donors (Lipinski definition) is 2. The van der Waals surface area contributed by atoms with Crippen molar-refractivity contribution in [1.29, 1.82) is 0 Å². The van der Waals surface area contributed by atoms with Crippen molar-refractivity contribution in [1.82, 2.24) is 4.98 Å². The van der Waals surface area contributed by atoms with Gasteiger partial charge in [0.1, 0.15) is 5.52 Å². The summed E-state index contributed by atoms with van der Waals surface area (Å²) >= 11 is 6.12. The van der Waals surface area contributed by atoms with E-state index in [9.17, 15) is 0 Å². The number of benzene rings is 2. The molecule has 2 aromatic carbocycles. The van der Waals surface area contributed by atoms with E-state index in [0.29, 0.717) is 27.8 Å². The van der Waals surface area contributed by atoms with Gasteiger partial charge in [-0.25, -0.2) is 0 Å². The van der Waals surface area contributed by atoms with Crippen molar-refractivity contribution in [2.75, 3.05) is 11.1 Å². The van der Waals surface area contributed by atoms with E-state index in [1.165, 1.54) is 0 Å². The minimum atomic E-state index is 0.396. The third-order valence-corrected chi connectivity index (χ3v) is 3.10. The summed E-state index contributed by atoms with van der Waals surface area (Å²) in [5, 5.41) is 3.69. The van der Waals surface area contributed by atoms with Crippen molar-refractivity contribution in [2.45, 2.75) is 6.92 Å². The minimum Gasteiger partial charge on any atom is -0.423 e. The number of nitrogen functional groups attached to an aromatic ring is 1. The van der Waals surface area contributed by atoms with Gasteiger partial charge in [-0.15, -0.1) is 0 Å². The highest BCUT2D eigenvalue weighted by Crippen LogP contribution is 2.28. The second-order valence-electron chi connectivity index (χ2n) is 4.35. The molecular formula is C14H12ClN3O. The Morgan fingerprint density at radius 1 is 1.21 bits per heavy atom. The van der Waals surface area contributed by atoms with Crippen molar-refractivity contribution in [2.24, 2.45) is 0 Å². The molecule has 1 aromatic heterocycles. The molecule has 0 spiro atoms. The van der Waals surface area contributed by atoms with Crippen LogP contribution in [0.5, 0.6) is 0 Å². The van der Waals surface area contributed by atoms with Crippen LogP contribution in [0.25, 0.3) is 11.1 Å². The summed E-state index contributed by atoms with van der Waals surface area (Å²) < 4.78 is 5.59. The number of nitrogens with two attached hydrogens (primary N) is 1. The van der Waals surface area contributed by atoms with Crippen LogP contribution in [0.2, 0.25) is 5.02 Å². The topological polar surface area (TPSA) is 64.1 Å². The van der Waals surface area contributed by atoms with Gasteiger partial charge >= 0.3 is 0 Å². The van der Waals surface area contributed by atoms with E-state index in [2.05, 4.69) is 10.3 Å². The SMILES string of the molecule is Cc1ccc(Cl)c(Nc2nc3cc(N)ccc3o2)c1. The van der Waals surface area contributed by atoms with E-state index in [4.69, 9.17) is 21.8 Å². The lowest BCUT2D eigenvalue weighted by atomic mass is 10.2. The van der Waals surface area contributed by atoms with Crippen molar-refractivity contribution >= 4 is 40.1 Å². The van der Waals surface area contributed by atoms with Crippen LogP contribution in [0.1, 0.15) is 5.56 Å². The standard InChI is InChI=1S/C14H12ClN3O/c1-8-2-4-10(15)11(6-8)17-14-18-12-7-9(16)3-5-13(12)19-14/h2-7H,16H2,1H3,(H,17,18). The number of nitrogens with one attached hydrogen (secondary N) is 1. The summed E-state index contributed by atoms with van der Waals surface area (Å²) in [7, 11) is 0. The summed E-state index contributed by atoms with van der Waals surface area (Å²) in [4.78, 5) is 4.32. The molecule has 0 saturated carbocycles. The molecule has 5 heteroatoms. The number of halogens is 1. The van der Waals surface area contributed by atoms with Gasteiger partial charge in [0.25, 0.3) is 6.01 Å². The van der Waals surface area contributed by atoms with Crippen LogP contribution < -0.4 is 11.1 Å².